The normalized spacial score (nSPS) is 20.2. The van der Waals surface area contributed by atoms with Crippen molar-refractivity contribution in [2.45, 2.75) is 64.6 Å². The first-order valence-electron chi connectivity index (χ1n) is 12.4. The maximum atomic E-state index is 13.0. The van der Waals surface area contributed by atoms with Crippen LogP contribution in [-0.2, 0) is 14.3 Å². The summed E-state index contributed by atoms with van der Waals surface area (Å²) in [4.78, 5) is 68.4. The number of urea groups is 1. The quantitative estimate of drug-likeness (QED) is 0.450. The average Bonchev–Trinajstić information content (AvgIpc) is 2.82. The maximum Gasteiger partial charge on any atom is 0.408 e. The van der Waals surface area contributed by atoms with Crippen LogP contribution in [0.25, 0.3) is 0 Å². The minimum absolute atomic E-state index is 0.124. The molecule has 0 spiro atoms. The Labute approximate surface area is 216 Å². The molecule has 1 saturated heterocycles. The lowest BCUT2D eigenvalue weighted by Gasteiger charge is -2.38. The molecule has 2 aliphatic rings. The third kappa shape index (κ3) is 7.40. The number of aromatic nitrogens is 2. The van der Waals surface area contributed by atoms with Crippen molar-refractivity contribution in [2.75, 3.05) is 31.5 Å². The van der Waals surface area contributed by atoms with Gasteiger partial charge in [0.15, 0.2) is 0 Å². The van der Waals surface area contributed by atoms with Gasteiger partial charge in [0.1, 0.15) is 23.2 Å². The first-order valence-corrected chi connectivity index (χ1v) is 12.4. The molecule has 2 heterocycles. The zero-order valence-electron chi connectivity index (χ0n) is 22.0. The fourth-order valence-corrected chi connectivity index (χ4v) is 4.22. The molecule has 1 aromatic rings. The largest absolute Gasteiger partial charge is 0.444 e. The van der Waals surface area contributed by atoms with Gasteiger partial charge in [-0.05, 0) is 53.5 Å². The van der Waals surface area contributed by atoms with Crippen LogP contribution in [-0.4, -0.2) is 81.0 Å². The zero-order valence-corrected chi connectivity index (χ0v) is 22.0. The summed E-state index contributed by atoms with van der Waals surface area (Å²) in [6.45, 7) is 9.57. The number of ether oxygens (including phenoxy) is 1. The molecule has 37 heavy (non-hydrogen) atoms. The Kier molecular flexibility index (Phi) is 8.39. The number of nitrogens with one attached hydrogen (secondary N) is 2. The minimum Gasteiger partial charge on any atom is -0.444 e. The summed E-state index contributed by atoms with van der Waals surface area (Å²) in [5, 5.41) is 5.25. The van der Waals surface area contributed by atoms with E-state index in [2.05, 4.69) is 15.6 Å². The Morgan fingerprint density at radius 1 is 1.03 bits per heavy atom. The van der Waals surface area contributed by atoms with Crippen LogP contribution >= 0.6 is 0 Å². The summed E-state index contributed by atoms with van der Waals surface area (Å²) in [5.74, 6) is -0.264. The van der Waals surface area contributed by atoms with E-state index in [0.717, 1.165) is 6.29 Å². The molecule has 2 atom stereocenters. The van der Waals surface area contributed by atoms with Gasteiger partial charge >= 0.3 is 17.8 Å². The molecule has 202 valence electrons. The van der Waals surface area contributed by atoms with Crippen molar-refractivity contribution in [3.05, 3.63) is 34.9 Å². The highest BCUT2D eigenvalue weighted by Gasteiger charge is 2.36. The lowest BCUT2D eigenvalue weighted by molar-refractivity contribution is -0.138. The third-order valence-corrected chi connectivity index (χ3v) is 6.18. The van der Waals surface area contributed by atoms with E-state index < -0.39 is 29.0 Å². The van der Waals surface area contributed by atoms with E-state index in [0.29, 0.717) is 12.8 Å². The van der Waals surface area contributed by atoms with Crippen LogP contribution in [0.1, 0.15) is 53.5 Å². The maximum absolute atomic E-state index is 13.0. The summed E-state index contributed by atoms with van der Waals surface area (Å²) >= 11 is 0. The van der Waals surface area contributed by atoms with Gasteiger partial charge in [-0.25, -0.2) is 14.4 Å². The predicted octanol–water partition coefficient (Wildman–Crippen LogP) is 1.93. The van der Waals surface area contributed by atoms with Gasteiger partial charge in [0.25, 0.3) is 0 Å². The van der Waals surface area contributed by atoms with Crippen LogP contribution in [0.15, 0.2) is 29.2 Å². The zero-order chi connectivity index (χ0) is 27.4. The van der Waals surface area contributed by atoms with Crippen molar-refractivity contribution in [3.63, 3.8) is 0 Å². The van der Waals surface area contributed by atoms with Crippen LogP contribution in [0.2, 0.25) is 0 Å². The van der Waals surface area contributed by atoms with Gasteiger partial charge in [0, 0.05) is 38.3 Å². The summed E-state index contributed by atoms with van der Waals surface area (Å²) in [7, 11) is 0. The van der Waals surface area contributed by atoms with Crippen LogP contribution in [0.3, 0.4) is 0 Å². The van der Waals surface area contributed by atoms with E-state index in [1.165, 1.54) is 9.47 Å². The number of nitrogens with zero attached hydrogens (tertiary/aromatic N) is 4. The Bertz CT molecular complexity index is 1110. The SMILES string of the molecule is CC(C)(C)OC(=O)NC(C)(C)C(=O)N1CCN(C(=O)Nc2ccn(C3C=CC(C=O)CC3)c(=O)n2)CC1. The van der Waals surface area contributed by atoms with Crippen molar-refractivity contribution in [3.8, 4) is 0 Å². The fourth-order valence-electron chi connectivity index (χ4n) is 4.22. The molecular formula is C25H36N6O6. The summed E-state index contributed by atoms with van der Waals surface area (Å²) in [6.07, 6.45) is 6.74. The Hall–Kier alpha value is -3.70. The number of amides is 4. The minimum atomic E-state index is -1.18. The summed E-state index contributed by atoms with van der Waals surface area (Å²) < 4.78 is 6.72. The number of alkyl carbamates (subject to hydrolysis) is 1. The van der Waals surface area contributed by atoms with Crippen LogP contribution in [0.5, 0.6) is 0 Å². The first-order chi connectivity index (χ1) is 17.3. The second kappa shape index (κ2) is 11.1. The number of anilines is 1. The number of hydrogen-bond donors (Lipinski definition) is 2. The Morgan fingerprint density at radius 2 is 1.68 bits per heavy atom. The van der Waals surface area contributed by atoms with Crippen molar-refractivity contribution < 1.29 is 23.9 Å². The number of hydrogen-bond acceptors (Lipinski definition) is 7. The Morgan fingerprint density at radius 3 is 2.22 bits per heavy atom. The molecule has 2 unspecified atom stereocenters. The highest BCUT2D eigenvalue weighted by molar-refractivity contribution is 5.90. The molecule has 1 aliphatic carbocycles. The Balaban J connectivity index is 1.52. The van der Waals surface area contributed by atoms with Crippen molar-refractivity contribution in [2.24, 2.45) is 5.92 Å². The summed E-state index contributed by atoms with van der Waals surface area (Å²) in [5.41, 5.74) is -2.36. The van der Waals surface area contributed by atoms with Gasteiger partial charge in [-0.3, -0.25) is 14.7 Å². The van der Waals surface area contributed by atoms with E-state index in [-0.39, 0.29) is 49.9 Å². The molecule has 0 radical (unpaired) electrons. The molecular weight excluding hydrogens is 480 g/mol. The fraction of sp³-hybridized carbons (Fsp3) is 0.600. The van der Waals surface area contributed by atoms with Gasteiger partial charge in [-0.1, -0.05) is 12.2 Å². The molecule has 1 aliphatic heterocycles. The van der Waals surface area contributed by atoms with Gasteiger partial charge in [-0.2, -0.15) is 4.98 Å². The first kappa shape index (κ1) is 27.9. The monoisotopic (exact) mass is 516 g/mol. The van der Waals surface area contributed by atoms with Crippen LogP contribution in [0.4, 0.5) is 15.4 Å². The number of aldehydes is 1. The molecule has 4 amide bonds. The van der Waals surface area contributed by atoms with Gasteiger partial charge < -0.3 is 24.6 Å². The molecule has 12 nitrogen and oxygen atoms in total. The van der Waals surface area contributed by atoms with Crippen molar-refractivity contribution in [1.82, 2.24) is 24.7 Å². The smallest absolute Gasteiger partial charge is 0.408 e. The lowest BCUT2D eigenvalue weighted by atomic mass is 9.94. The number of allylic oxidation sites excluding steroid dienone is 2. The van der Waals surface area contributed by atoms with Gasteiger partial charge in [-0.15, -0.1) is 0 Å². The third-order valence-electron chi connectivity index (χ3n) is 6.18. The molecule has 0 saturated carbocycles. The second-order valence-electron chi connectivity index (χ2n) is 10.8. The molecule has 12 heteroatoms. The van der Waals surface area contributed by atoms with Gasteiger partial charge in [0.2, 0.25) is 5.91 Å². The molecule has 1 aromatic heterocycles. The number of piperazine rings is 1. The standard InChI is InChI=1S/C25H36N6O6/c1-24(2,3)37-23(36)28-25(4,5)20(33)29-12-14-30(15-13-29)21(34)26-19-10-11-31(22(35)27-19)18-8-6-17(16-32)7-9-18/h6,8,10-11,16-18H,7,9,12-15H2,1-5H3,(H,28,36)(H,26,27,34,35). The number of carbonyl (C=O) groups is 4. The molecule has 2 N–H and O–H groups in total. The van der Waals surface area contributed by atoms with E-state index in [9.17, 15) is 24.0 Å². The molecule has 1 fully saturated rings. The highest BCUT2D eigenvalue weighted by Crippen LogP contribution is 2.24. The topological polar surface area (TPSA) is 143 Å². The van der Waals surface area contributed by atoms with Crippen molar-refractivity contribution >= 4 is 30.1 Å². The van der Waals surface area contributed by atoms with E-state index >= 15 is 0 Å². The van der Waals surface area contributed by atoms with Gasteiger partial charge in [0.05, 0.1) is 6.04 Å². The van der Waals surface area contributed by atoms with E-state index in [1.54, 1.807) is 57.9 Å². The molecule has 0 aromatic carbocycles. The summed E-state index contributed by atoms with van der Waals surface area (Å²) in [6, 6.07) is 0.957. The lowest BCUT2D eigenvalue weighted by Crippen LogP contribution is -2.60. The second-order valence-corrected chi connectivity index (χ2v) is 10.8. The number of carbonyl (C=O) groups excluding carboxylic acids is 4. The number of rotatable bonds is 5. The van der Waals surface area contributed by atoms with Crippen LogP contribution < -0.4 is 16.3 Å². The van der Waals surface area contributed by atoms with Crippen molar-refractivity contribution in [1.29, 1.82) is 0 Å². The molecule has 0 bridgehead atoms. The van der Waals surface area contributed by atoms with E-state index in [4.69, 9.17) is 4.74 Å². The van der Waals surface area contributed by atoms with E-state index in [1.807, 2.05) is 6.08 Å². The van der Waals surface area contributed by atoms with Crippen LogP contribution in [0, 0.1) is 5.92 Å². The predicted molar refractivity (Wildman–Crippen MR) is 136 cm³/mol. The average molecular weight is 517 g/mol. The molecule has 3 rings (SSSR count). The highest BCUT2D eigenvalue weighted by atomic mass is 16.6.